The lowest BCUT2D eigenvalue weighted by molar-refractivity contribution is -0.113. The van der Waals surface area contributed by atoms with Crippen LogP contribution in [0.25, 0.3) is 16.6 Å². The third kappa shape index (κ3) is 3.97. The number of hydrogen-bond donors (Lipinski definition) is 1. The number of nitrogens with one attached hydrogen (secondary N) is 1. The highest BCUT2D eigenvalue weighted by Crippen LogP contribution is 2.27. The number of thioether (sulfide) groups is 1. The molecule has 2 aromatic heterocycles. The molecule has 2 aromatic carbocycles. The fourth-order valence-corrected chi connectivity index (χ4v) is 3.77. The zero-order chi connectivity index (χ0) is 19.5. The zero-order valence-electron chi connectivity index (χ0n) is 14.8. The van der Waals surface area contributed by atoms with Gasteiger partial charge in [0.15, 0.2) is 0 Å². The number of rotatable bonds is 5. The van der Waals surface area contributed by atoms with E-state index in [1.54, 1.807) is 29.2 Å². The van der Waals surface area contributed by atoms with Crippen LogP contribution in [-0.4, -0.2) is 36.4 Å². The standard InChI is InChI=1S/C19H15ClN6OS/c1-12-23-15-5-3-2-4-14(15)19(24-12)28-9-18(27)25-16-8-13(20)6-7-17(16)26-11-21-10-22-26/h2-8,10-11H,9H2,1H3,(H,25,27). The Morgan fingerprint density at radius 2 is 2.07 bits per heavy atom. The number of benzene rings is 2. The Balaban J connectivity index is 1.53. The molecule has 0 unspecified atom stereocenters. The highest BCUT2D eigenvalue weighted by molar-refractivity contribution is 8.00. The van der Waals surface area contributed by atoms with Gasteiger partial charge in [-0.15, -0.1) is 0 Å². The minimum atomic E-state index is -0.172. The van der Waals surface area contributed by atoms with Crippen LogP contribution in [0, 0.1) is 6.92 Å². The van der Waals surface area contributed by atoms with Crippen LogP contribution in [0.5, 0.6) is 0 Å². The van der Waals surface area contributed by atoms with Crippen molar-refractivity contribution in [3.05, 3.63) is 66.0 Å². The van der Waals surface area contributed by atoms with Gasteiger partial charge in [0, 0.05) is 10.4 Å². The van der Waals surface area contributed by atoms with Crippen LogP contribution in [0.3, 0.4) is 0 Å². The summed E-state index contributed by atoms with van der Waals surface area (Å²) in [6.45, 7) is 1.84. The maximum Gasteiger partial charge on any atom is 0.234 e. The number of para-hydroxylation sites is 1. The van der Waals surface area contributed by atoms with E-state index in [4.69, 9.17) is 11.6 Å². The summed E-state index contributed by atoms with van der Waals surface area (Å²) in [6.07, 6.45) is 2.99. The zero-order valence-corrected chi connectivity index (χ0v) is 16.4. The number of amides is 1. The summed E-state index contributed by atoms with van der Waals surface area (Å²) >= 11 is 7.47. The Morgan fingerprint density at radius 1 is 1.21 bits per heavy atom. The second-order valence-electron chi connectivity index (χ2n) is 5.93. The quantitative estimate of drug-likeness (QED) is 0.396. The molecule has 0 saturated heterocycles. The Labute approximate surface area is 170 Å². The molecule has 28 heavy (non-hydrogen) atoms. The smallest absolute Gasteiger partial charge is 0.234 e. The van der Waals surface area contributed by atoms with Crippen molar-refractivity contribution >= 4 is 45.9 Å². The third-order valence-corrected chi connectivity index (χ3v) is 5.14. The van der Waals surface area contributed by atoms with Crippen LogP contribution < -0.4 is 5.32 Å². The second-order valence-corrected chi connectivity index (χ2v) is 7.33. The monoisotopic (exact) mass is 410 g/mol. The Morgan fingerprint density at radius 3 is 2.89 bits per heavy atom. The third-order valence-electron chi connectivity index (χ3n) is 3.92. The Hall–Kier alpha value is -2.97. The van der Waals surface area contributed by atoms with Gasteiger partial charge < -0.3 is 5.32 Å². The normalized spacial score (nSPS) is 10.9. The van der Waals surface area contributed by atoms with Gasteiger partial charge in [-0.25, -0.2) is 19.6 Å². The van der Waals surface area contributed by atoms with Gasteiger partial charge in [-0.2, -0.15) is 5.10 Å². The van der Waals surface area contributed by atoms with Gasteiger partial charge in [-0.05, 0) is 31.2 Å². The van der Waals surface area contributed by atoms with Crippen LogP contribution in [0.1, 0.15) is 5.82 Å². The highest BCUT2D eigenvalue weighted by Gasteiger charge is 2.12. The number of carbonyl (C=O) groups is 1. The van der Waals surface area contributed by atoms with E-state index in [-0.39, 0.29) is 11.7 Å². The molecule has 4 rings (SSSR count). The summed E-state index contributed by atoms with van der Waals surface area (Å²) in [5.41, 5.74) is 2.11. The summed E-state index contributed by atoms with van der Waals surface area (Å²) in [7, 11) is 0. The molecule has 9 heteroatoms. The minimum Gasteiger partial charge on any atom is -0.323 e. The number of aryl methyl sites for hydroxylation is 1. The minimum absolute atomic E-state index is 0.172. The number of anilines is 1. The summed E-state index contributed by atoms with van der Waals surface area (Å²) in [4.78, 5) is 25.4. The van der Waals surface area contributed by atoms with E-state index in [0.29, 0.717) is 22.2 Å². The number of hydrogen-bond acceptors (Lipinski definition) is 6. The lowest BCUT2D eigenvalue weighted by atomic mass is 10.2. The molecule has 0 atom stereocenters. The van der Waals surface area contributed by atoms with Crippen molar-refractivity contribution in [3.8, 4) is 5.69 Å². The van der Waals surface area contributed by atoms with Crippen LogP contribution >= 0.6 is 23.4 Å². The molecule has 0 bridgehead atoms. The van der Waals surface area contributed by atoms with Crippen molar-refractivity contribution in [3.63, 3.8) is 0 Å². The first-order chi connectivity index (χ1) is 13.6. The molecule has 0 spiro atoms. The van der Waals surface area contributed by atoms with Crippen molar-refractivity contribution in [1.29, 1.82) is 0 Å². The molecule has 1 N–H and O–H groups in total. The van der Waals surface area contributed by atoms with Crippen LogP contribution in [0.15, 0.2) is 60.1 Å². The van der Waals surface area contributed by atoms with Crippen molar-refractivity contribution in [2.24, 2.45) is 0 Å². The number of fused-ring (bicyclic) bond motifs is 1. The van der Waals surface area contributed by atoms with E-state index in [1.807, 2.05) is 31.2 Å². The predicted molar refractivity (Wildman–Crippen MR) is 110 cm³/mol. The lowest BCUT2D eigenvalue weighted by Crippen LogP contribution is -2.16. The van der Waals surface area contributed by atoms with E-state index >= 15 is 0 Å². The van der Waals surface area contributed by atoms with Gasteiger partial charge in [0.25, 0.3) is 0 Å². The number of carbonyl (C=O) groups excluding carboxylic acids is 1. The van der Waals surface area contributed by atoms with E-state index in [9.17, 15) is 4.79 Å². The van der Waals surface area contributed by atoms with Gasteiger partial charge >= 0.3 is 0 Å². The first-order valence-corrected chi connectivity index (χ1v) is 9.77. The first kappa shape index (κ1) is 18.4. The molecule has 0 saturated carbocycles. The van der Waals surface area contributed by atoms with Crippen LogP contribution in [-0.2, 0) is 4.79 Å². The van der Waals surface area contributed by atoms with E-state index < -0.39 is 0 Å². The number of aromatic nitrogens is 5. The molecule has 0 aliphatic heterocycles. The molecule has 2 heterocycles. The summed E-state index contributed by atoms with van der Waals surface area (Å²) in [5.74, 6) is 0.697. The van der Waals surface area contributed by atoms with Gasteiger partial charge in [0.1, 0.15) is 23.5 Å². The molecule has 0 aliphatic rings. The van der Waals surface area contributed by atoms with Crippen molar-refractivity contribution in [2.45, 2.75) is 11.9 Å². The SMILES string of the molecule is Cc1nc(SCC(=O)Nc2cc(Cl)ccc2-n2cncn2)c2ccccc2n1. The predicted octanol–water partition coefficient (Wildman–Crippen LogP) is 3.90. The molecule has 0 radical (unpaired) electrons. The van der Waals surface area contributed by atoms with Crippen LogP contribution in [0.4, 0.5) is 5.69 Å². The largest absolute Gasteiger partial charge is 0.323 e. The molecule has 4 aromatic rings. The van der Waals surface area contributed by atoms with E-state index in [0.717, 1.165) is 15.9 Å². The van der Waals surface area contributed by atoms with E-state index in [2.05, 4.69) is 25.4 Å². The van der Waals surface area contributed by atoms with Gasteiger partial charge in [0.05, 0.1) is 22.6 Å². The molecule has 140 valence electrons. The topological polar surface area (TPSA) is 85.6 Å². The van der Waals surface area contributed by atoms with E-state index in [1.165, 1.54) is 18.1 Å². The van der Waals surface area contributed by atoms with Crippen LogP contribution in [0.2, 0.25) is 5.02 Å². The summed E-state index contributed by atoms with van der Waals surface area (Å²) in [5, 5.41) is 9.23. The fraction of sp³-hybridized carbons (Fsp3) is 0.105. The number of halogens is 1. The first-order valence-electron chi connectivity index (χ1n) is 8.41. The summed E-state index contributed by atoms with van der Waals surface area (Å²) < 4.78 is 1.57. The Kier molecular flexibility index (Phi) is 5.23. The molecule has 0 aliphatic carbocycles. The fourth-order valence-electron chi connectivity index (χ4n) is 2.73. The average Bonchev–Trinajstić information content (AvgIpc) is 3.20. The van der Waals surface area contributed by atoms with Gasteiger partial charge in [-0.3, -0.25) is 4.79 Å². The van der Waals surface area contributed by atoms with Crippen molar-refractivity contribution < 1.29 is 4.79 Å². The van der Waals surface area contributed by atoms with Gasteiger partial charge in [0.2, 0.25) is 5.91 Å². The van der Waals surface area contributed by atoms with Crippen molar-refractivity contribution in [2.75, 3.05) is 11.1 Å². The Bertz CT molecular complexity index is 1150. The maximum atomic E-state index is 12.6. The number of nitrogens with zero attached hydrogens (tertiary/aromatic N) is 5. The average molecular weight is 411 g/mol. The highest BCUT2D eigenvalue weighted by atomic mass is 35.5. The van der Waals surface area contributed by atoms with Crippen molar-refractivity contribution in [1.82, 2.24) is 24.7 Å². The summed E-state index contributed by atoms with van der Waals surface area (Å²) in [6, 6.07) is 13.0. The van der Waals surface area contributed by atoms with Gasteiger partial charge in [-0.1, -0.05) is 41.6 Å². The molecule has 1 amide bonds. The molecular formula is C19H15ClN6OS. The maximum absolute atomic E-state index is 12.6. The molecular weight excluding hydrogens is 396 g/mol. The molecule has 0 fully saturated rings. The second kappa shape index (κ2) is 7.95. The molecule has 7 nitrogen and oxygen atoms in total. The lowest BCUT2D eigenvalue weighted by Gasteiger charge is -2.11.